The van der Waals surface area contributed by atoms with E-state index in [0.717, 1.165) is 11.6 Å². The summed E-state index contributed by atoms with van der Waals surface area (Å²) in [6.07, 6.45) is 0. The Morgan fingerprint density at radius 1 is 1.14 bits per heavy atom. The monoisotopic (exact) mass is 279 g/mol. The Bertz CT molecular complexity index is 801. The molecule has 0 fully saturated rings. The number of hydrogen-bond acceptors (Lipinski definition) is 5. The van der Waals surface area contributed by atoms with Gasteiger partial charge in [0.15, 0.2) is 0 Å². The number of nitrogens with zero attached hydrogens (tertiary/aromatic N) is 3. The van der Waals surface area contributed by atoms with Gasteiger partial charge in [-0.25, -0.2) is 0 Å². The summed E-state index contributed by atoms with van der Waals surface area (Å²) in [5.41, 5.74) is 0.558. The van der Waals surface area contributed by atoms with Crippen molar-refractivity contribution in [3.8, 4) is 23.6 Å². The predicted molar refractivity (Wildman–Crippen MR) is 73.8 cm³/mol. The molecule has 2 rings (SSSR count). The highest BCUT2D eigenvalue weighted by atomic mass is 16.6. The maximum atomic E-state index is 11.1. The van der Waals surface area contributed by atoms with Gasteiger partial charge in [-0.3, -0.25) is 10.1 Å². The van der Waals surface area contributed by atoms with Crippen LogP contribution in [0.4, 0.5) is 5.69 Å². The summed E-state index contributed by atoms with van der Waals surface area (Å²) in [5.74, 6) is 0.354. The topological polar surface area (TPSA) is 99.9 Å². The van der Waals surface area contributed by atoms with E-state index in [9.17, 15) is 10.1 Å². The second kappa shape index (κ2) is 5.72. The Balaban J connectivity index is 2.54. The largest absolute Gasteiger partial charge is 0.450 e. The summed E-state index contributed by atoms with van der Waals surface area (Å²) < 4.78 is 5.49. The molecule has 2 aromatic carbocycles. The second-order valence-corrected chi connectivity index (χ2v) is 4.26. The highest BCUT2D eigenvalue weighted by molar-refractivity contribution is 5.60. The van der Waals surface area contributed by atoms with Crippen molar-refractivity contribution in [2.24, 2.45) is 0 Å². The van der Waals surface area contributed by atoms with Crippen LogP contribution in [0.1, 0.15) is 16.7 Å². The van der Waals surface area contributed by atoms with E-state index < -0.39 is 4.92 Å². The van der Waals surface area contributed by atoms with Crippen molar-refractivity contribution >= 4 is 5.69 Å². The second-order valence-electron chi connectivity index (χ2n) is 4.26. The maximum absolute atomic E-state index is 11.1. The van der Waals surface area contributed by atoms with Crippen LogP contribution in [0, 0.1) is 39.7 Å². The van der Waals surface area contributed by atoms with Crippen LogP contribution in [0.25, 0.3) is 0 Å². The lowest BCUT2D eigenvalue weighted by Crippen LogP contribution is -1.97. The molecule has 0 aliphatic rings. The quantitative estimate of drug-likeness (QED) is 0.632. The van der Waals surface area contributed by atoms with Crippen LogP contribution in [-0.4, -0.2) is 4.92 Å². The van der Waals surface area contributed by atoms with Gasteiger partial charge in [-0.2, -0.15) is 10.5 Å². The zero-order valence-corrected chi connectivity index (χ0v) is 11.0. The van der Waals surface area contributed by atoms with Gasteiger partial charge in [-0.15, -0.1) is 0 Å². The first-order chi connectivity index (χ1) is 10.0. The van der Waals surface area contributed by atoms with E-state index in [1.807, 2.05) is 19.1 Å². The molecule has 0 radical (unpaired) electrons. The highest BCUT2D eigenvalue weighted by Crippen LogP contribution is 2.34. The SMILES string of the molecule is Cc1cccc(Oc2cc(C#N)c(C#N)cc2[N+](=O)[O-])c1. The number of ether oxygens (including phenoxy) is 1. The molecule has 0 amide bonds. The average molecular weight is 279 g/mol. The van der Waals surface area contributed by atoms with E-state index in [-0.39, 0.29) is 22.6 Å². The van der Waals surface area contributed by atoms with E-state index in [1.54, 1.807) is 24.3 Å². The minimum atomic E-state index is -0.646. The molecular weight excluding hydrogens is 270 g/mol. The van der Waals surface area contributed by atoms with E-state index in [4.69, 9.17) is 15.3 Å². The molecule has 102 valence electrons. The van der Waals surface area contributed by atoms with Crippen LogP contribution in [0.5, 0.6) is 11.5 Å². The van der Waals surface area contributed by atoms with Crippen molar-refractivity contribution in [3.05, 3.63) is 63.2 Å². The van der Waals surface area contributed by atoms with Crippen LogP contribution in [0.3, 0.4) is 0 Å². The molecule has 0 aliphatic carbocycles. The molecule has 0 aliphatic heterocycles. The Morgan fingerprint density at radius 2 is 1.81 bits per heavy atom. The van der Waals surface area contributed by atoms with Crippen molar-refractivity contribution in [1.29, 1.82) is 10.5 Å². The van der Waals surface area contributed by atoms with Gasteiger partial charge in [0.2, 0.25) is 5.75 Å². The van der Waals surface area contributed by atoms with E-state index >= 15 is 0 Å². The van der Waals surface area contributed by atoms with Crippen LogP contribution in [0.2, 0.25) is 0 Å². The normalized spacial score (nSPS) is 9.48. The van der Waals surface area contributed by atoms with Crippen molar-refractivity contribution in [1.82, 2.24) is 0 Å². The third kappa shape index (κ3) is 2.96. The summed E-state index contributed by atoms with van der Waals surface area (Å²) in [4.78, 5) is 10.4. The molecule has 0 saturated heterocycles. The summed E-state index contributed by atoms with van der Waals surface area (Å²) in [7, 11) is 0. The zero-order chi connectivity index (χ0) is 15.4. The van der Waals surface area contributed by atoms with Crippen LogP contribution in [0.15, 0.2) is 36.4 Å². The van der Waals surface area contributed by atoms with Crippen molar-refractivity contribution in [3.63, 3.8) is 0 Å². The third-order valence-corrected chi connectivity index (χ3v) is 2.75. The lowest BCUT2D eigenvalue weighted by atomic mass is 10.1. The van der Waals surface area contributed by atoms with E-state index in [0.29, 0.717) is 5.75 Å². The molecule has 0 N–H and O–H groups in total. The molecular formula is C15H9N3O3. The number of aryl methyl sites for hydroxylation is 1. The minimum absolute atomic E-state index is 0.0331. The summed E-state index contributed by atoms with van der Waals surface area (Å²) in [6, 6.07) is 12.8. The summed E-state index contributed by atoms with van der Waals surface area (Å²) >= 11 is 0. The molecule has 0 atom stereocenters. The van der Waals surface area contributed by atoms with E-state index in [1.165, 1.54) is 6.07 Å². The first kappa shape index (κ1) is 14.0. The lowest BCUT2D eigenvalue weighted by molar-refractivity contribution is -0.385. The molecule has 21 heavy (non-hydrogen) atoms. The van der Waals surface area contributed by atoms with Gasteiger partial charge < -0.3 is 4.74 Å². The Morgan fingerprint density at radius 3 is 2.38 bits per heavy atom. The fourth-order valence-corrected chi connectivity index (χ4v) is 1.78. The van der Waals surface area contributed by atoms with Crippen LogP contribution < -0.4 is 4.74 Å². The Labute approximate surface area is 120 Å². The van der Waals surface area contributed by atoms with Crippen molar-refractivity contribution in [2.45, 2.75) is 6.92 Å². The molecule has 2 aromatic rings. The number of benzene rings is 2. The smallest absolute Gasteiger partial charge is 0.312 e. The molecule has 6 nitrogen and oxygen atoms in total. The molecule has 0 saturated carbocycles. The summed E-state index contributed by atoms with van der Waals surface area (Å²) in [5, 5.41) is 29.0. The fourth-order valence-electron chi connectivity index (χ4n) is 1.78. The van der Waals surface area contributed by atoms with Gasteiger partial charge in [0.05, 0.1) is 16.1 Å². The molecule has 0 heterocycles. The average Bonchev–Trinajstić information content (AvgIpc) is 2.46. The van der Waals surface area contributed by atoms with Gasteiger partial charge in [0, 0.05) is 12.1 Å². The zero-order valence-electron chi connectivity index (χ0n) is 11.0. The number of hydrogen-bond donors (Lipinski definition) is 0. The first-order valence-corrected chi connectivity index (χ1v) is 5.92. The van der Waals surface area contributed by atoms with Crippen LogP contribution in [-0.2, 0) is 0 Å². The number of nitro groups is 1. The predicted octanol–water partition coefficient (Wildman–Crippen LogP) is 3.44. The Kier molecular flexibility index (Phi) is 3.83. The lowest BCUT2D eigenvalue weighted by Gasteiger charge is -2.08. The third-order valence-electron chi connectivity index (χ3n) is 2.75. The van der Waals surface area contributed by atoms with Gasteiger partial charge in [0.25, 0.3) is 0 Å². The molecule has 0 bridgehead atoms. The summed E-state index contributed by atoms with van der Waals surface area (Å²) in [6.45, 7) is 1.86. The standard InChI is InChI=1S/C15H9N3O3/c1-10-3-2-4-13(5-10)21-15-7-12(9-17)11(8-16)6-14(15)18(19)20/h2-7H,1H3. The van der Waals surface area contributed by atoms with E-state index in [2.05, 4.69) is 0 Å². The van der Waals surface area contributed by atoms with Crippen molar-refractivity contribution in [2.75, 3.05) is 0 Å². The number of nitro benzene ring substituents is 1. The molecule has 0 spiro atoms. The molecule has 0 unspecified atom stereocenters. The fraction of sp³-hybridized carbons (Fsp3) is 0.0667. The number of nitriles is 2. The van der Waals surface area contributed by atoms with Gasteiger partial charge in [-0.05, 0) is 24.6 Å². The van der Waals surface area contributed by atoms with Gasteiger partial charge >= 0.3 is 5.69 Å². The maximum Gasteiger partial charge on any atom is 0.312 e. The van der Waals surface area contributed by atoms with Crippen LogP contribution >= 0.6 is 0 Å². The van der Waals surface area contributed by atoms with Gasteiger partial charge in [-0.1, -0.05) is 12.1 Å². The number of rotatable bonds is 3. The Hall–Kier alpha value is -3.38. The molecule has 0 aromatic heterocycles. The first-order valence-electron chi connectivity index (χ1n) is 5.92. The van der Waals surface area contributed by atoms with Crippen molar-refractivity contribution < 1.29 is 9.66 Å². The van der Waals surface area contributed by atoms with Gasteiger partial charge in [0.1, 0.15) is 17.9 Å². The highest BCUT2D eigenvalue weighted by Gasteiger charge is 2.20. The minimum Gasteiger partial charge on any atom is -0.450 e. The molecule has 6 heteroatoms.